The van der Waals surface area contributed by atoms with Gasteiger partial charge >= 0.3 is 6.18 Å². The van der Waals surface area contributed by atoms with Crippen LogP contribution in [0.5, 0.6) is 0 Å². The molecule has 27 heavy (non-hydrogen) atoms. The molecule has 0 bridgehead atoms. The highest BCUT2D eigenvalue weighted by atomic mass is 35.5. The van der Waals surface area contributed by atoms with Crippen molar-refractivity contribution in [1.29, 1.82) is 0 Å². The Balaban J connectivity index is 2.03. The van der Waals surface area contributed by atoms with Crippen molar-refractivity contribution in [3.8, 4) is 11.3 Å². The van der Waals surface area contributed by atoms with Gasteiger partial charge in [0.25, 0.3) is 0 Å². The third-order valence-corrected chi connectivity index (χ3v) is 3.96. The van der Waals surface area contributed by atoms with Crippen LogP contribution in [-0.4, -0.2) is 35.1 Å². The molecule has 1 amide bonds. The van der Waals surface area contributed by atoms with E-state index in [0.29, 0.717) is 16.3 Å². The summed E-state index contributed by atoms with van der Waals surface area (Å²) in [6, 6.07) is 7.07. The monoisotopic (exact) mass is 402 g/mol. The van der Waals surface area contributed by atoms with Crippen LogP contribution in [0.1, 0.15) is 33.1 Å². The van der Waals surface area contributed by atoms with Crippen molar-refractivity contribution >= 4 is 17.5 Å². The Morgan fingerprint density at radius 2 is 1.85 bits per heavy atom. The molecule has 0 fully saturated rings. The second-order valence-electron chi connectivity index (χ2n) is 7.52. The zero-order valence-corrected chi connectivity index (χ0v) is 16.2. The number of hydrogen-bond acceptors (Lipinski definition) is 3. The van der Waals surface area contributed by atoms with Crippen LogP contribution in [0.15, 0.2) is 34.9 Å². The SMILES string of the molecule is CC(C)(C)CN(CC(F)(F)F)C(=O)CCc1ncc(-c2ccccc2Cl)o1. The van der Waals surface area contributed by atoms with Gasteiger partial charge in [-0.2, -0.15) is 13.2 Å². The molecule has 0 unspecified atom stereocenters. The number of hydrogen-bond donors (Lipinski definition) is 0. The molecule has 0 aliphatic carbocycles. The van der Waals surface area contributed by atoms with Gasteiger partial charge in [-0.15, -0.1) is 0 Å². The largest absolute Gasteiger partial charge is 0.441 e. The summed E-state index contributed by atoms with van der Waals surface area (Å²) in [6.07, 6.45) is -2.96. The van der Waals surface area contributed by atoms with Crippen LogP contribution in [0, 0.1) is 5.41 Å². The molecule has 0 atom stereocenters. The van der Waals surface area contributed by atoms with Gasteiger partial charge in [-0.1, -0.05) is 44.5 Å². The topological polar surface area (TPSA) is 46.3 Å². The Labute approximate surface area is 161 Å². The summed E-state index contributed by atoms with van der Waals surface area (Å²) in [5, 5.41) is 0.498. The summed E-state index contributed by atoms with van der Waals surface area (Å²) in [6.45, 7) is 4.11. The second-order valence-corrected chi connectivity index (χ2v) is 7.93. The van der Waals surface area contributed by atoms with Crippen molar-refractivity contribution in [3.05, 3.63) is 41.4 Å². The standard InChI is InChI=1S/C19H22ClF3N2O2/c1-18(2,3)11-25(12-19(21,22)23)17(26)9-8-16-24-10-15(27-16)13-6-4-5-7-14(13)20/h4-7,10H,8-9,11-12H2,1-3H3. The maximum atomic E-state index is 12.8. The van der Waals surface area contributed by atoms with E-state index in [2.05, 4.69) is 4.98 Å². The lowest BCUT2D eigenvalue weighted by atomic mass is 9.96. The number of oxazole rings is 1. The smallest absolute Gasteiger partial charge is 0.406 e. The fourth-order valence-corrected chi connectivity index (χ4v) is 2.83. The fourth-order valence-electron chi connectivity index (χ4n) is 2.60. The Morgan fingerprint density at radius 3 is 2.44 bits per heavy atom. The molecule has 0 spiro atoms. The lowest BCUT2D eigenvalue weighted by Gasteiger charge is -2.30. The molecule has 148 valence electrons. The molecule has 8 heteroatoms. The lowest BCUT2D eigenvalue weighted by molar-refractivity contribution is -0.163. The van der Waals surface area contributed by atoms with Gasteiger partial charge in [0.05, 0.1) is 11.2 Å². The van der Waals surface area contributed by atoms with E-state index in [4.69, 9.17) is 16.0 Å². The van der Waals surface area contributed by atoms with Crippen LogP contribution < -0.4 is 0 Å². The minimum Gasteiger partial charge on any atom is -0.441 e. The van der Waals surface area contributed by atoms with Gasteiger partial charge in [-0.3, -0.25) is 4.79 Å². The van der Waals surface area contributed by atoms with E-state index < -0.39 is 24.0 Å². The van der Waals surface area contributed by atoms with Crippen LogP contribution in [0.2, 0.25) is 5.02 Å². The highest BCUT2D eigenvalue weighted by Gasteiger charge is 2.34. The van der Waals surface area contributed by atoms with E-state index in [0.717, 1.165) is 4.90 Å². The molecule has 4 nitrogen and oxygen atoms in total. The highest BCUT2D eigenvalue weighted by Crippen LogP contribution is 2.28. The van der Waals surface area contributed by atoms with Crippen molar-refractivity contribution in [2.75, 3.05) is 13.1 Å². The highest BCUT2D eigenvalue weighted by molar-refractivity contribution is 6.33. The minimum atomic E-state index is -4.44. The van der Waals surface area contributed by atoms with Gasteiger partial charge in [0, 0.05) is 24.9 Å². The van der Waals surface area contributed by atoms with Gasteiger partial charge < -0.3 is 9.32 Å². The number of carbonyl (C=O) groups excluding carboxylic acids is 1. The molecule has 0 aliphatic rings. The van der Waals surface area contributed by atoms with Crippen molar-refractivity contribution < 1.29 is 22.4 Å². The van der Waals surface area contributed by atoms with Crippen LogP contribution in [0.25, 0.3) is 11.3 Å². The molecule has 1 aromatic carbocycles. The van der Waals surface area contributed by atoms with Gasteiger partial charge in [0.2, 0.25) is 5.91 Å². The number of amides is 1. The summed E-state index contributed by atoms with van der Waals surface area (Å²) >= 11 is 6.10. The molecule has 0 radical (unpaired) electrons. The first kappa shape index (κ1) is 21.3. The molecule has 2 rings (SSSR count). The quantitative estimate of drug-likeness (QED) is 0.653. The van der Waals surface area contributed by atoms with E-state index in [1.165, 1.54) is 6.20 Å². The number of aryl methyl sites for hydroxylation is 1. The number of carbonyl (C=O) groups is 1. The third kappa shape index (κ3) is 6.90. The number of aromatic nitrogens is 1. The number of nitrogens with zero attached hydrogens (tertiary/aromatic N) is 2. The molecule has 0 N–H and O–H groups in total. The predicted octanol–water partition coefficient (Wildman–Crippen LogP) is 5.36. The molecule has 0 saturated heterocycles. The summed E-state index contributed by atoms with van der Waals surface area (Å²) in [5.74, 6) is 0.144. The molecule has 1 aromatic heterocycles. The van der Waals surface area contributed by atoms with Crippen LogP contribution in [0.3, 0.4) is 0 Å². The first-order chi connectivity index (χ1) is 12.4. The van der Waals surface area contributed by atoms with E-state index in [9.17, 15) is 18.0 Å². The van der Waals surface area contributed by atoms with E-state index >= 15 is 0 Å². The van der Waals surface area contributed by atoms with Gasteiger partial charge in [-0.25, -0.2) is 4.98 Å². The summed E-state index contributed by atoms with van der Waals surface area (Å²) in [4.78, 5) is 17.3. The molecule has 0 aliphatic heterocycles. The molecule has 1 heterocycles. The van der Waals surface area contributed by atoms with Crippen molar-refractivity contribution in [3.63, 3.8) is 0 Å². The summed E-state index contributed by atoms with van der Waals surface area (Å²) in [5.41, 5.74) is 0.219. The zero-order valence-electron chi connectivity index (χ0n) is 15.4. The Morgan fingerprint density at radius 1 is 1.19 bits per heavy atom. The zero-order chi connectivity index (χ0) is 20.2. The van der Waals surface area contributed by atoms with Crippen molar-refractivity contribution in [1.82, 2.24) is 9.88 Å². The minimum absolute atomic E-state index is 0.0157. The summed E-state index contributed by atoms with van der Waals surface area (Å²) in [7, 11) is 0. The third-order valence-electron chi connectivity index (χ3n) is 3.63. The lowest BCUT2D eigenvalue weighted by Crippen LogP contribution is -2.43. The van der Waals surface area contributed by atoms with E-state index in [1.54, 1.807) is 45.0 Å². The predicted molar refractivity (Wildman–Crippen MR) is 97.4 cm³/mol. The molecule has 0 saturated carbocycles. The fraction of sp³-hybridized carbons (Fsp3) is 0.474. The van der Waals surface area contributed by atoms with Crippen molar-refractivity contribution in [2.24, 2.45) is 5.41 Å². The number of rotatable bonds is 6. The molecular weight excluding hydrogens is 381 g/mol. The number of alkyl halides is 3. The van der Waals surface area contributed by atoms with E-state index in [-0.39, 0.29) is 25.3 Å². The van der Waals surface area contributed by atoms with Gasteiger partial charge in [-0.05, 0) is 17.5 Å². The molecular formula is C19H22ClF3N2O2. The average molecular weight is 403 g/mol. The molecule has 2 aromatic rings. The van der Waals surface area contributed by atoms with E-state index in [1.807, 2.05) is 0 Å². The maximum Gasteiger partial charge on any atom is 0.406 e. The van der Waals surface area contributed by atoms with Gasteiger partial charge in [0.15, 0.2) is 11.7 Å². The average Bonchev–Trinajstić information content (AvgIpc) is 2.98. The Bertz CT molecular complexity index is 766. The van der Waals surface area contributed by atoms with Crippen LogP contribution in [0.4, 0.5) is 13.2 Å². The maximum absolute atomic E-state index is 12.8. The van der Waals surface area contributed by atoms with Crippen LogP contribution >= 0.6 is 11.6 Å². The van der Waals surface area contributed by atoms with Crippen LogP contribution in [-0.2, 0) is 11.2 Å². The number of halogens is 4. The first-order valence-corrected chi connectivity index (χ1v) is 8.86. The Hall–Kier alpha value is -2.02. The van der Waals surface area contributed by atoms with Gasteiger partial charge in [0.1, 0.15) is 6.54 Å². The summed E-state index contributed by atoms with van der Waals surface area (Å²) < 4.78 is 44.0. The second kappa shape index (κ2) is 8.33. The normalized spacial score (nSPS) is 12.3. The number of benzene rings is 1. The first-order valence-electron chi connectivity index (χ1n) is 8.49. The van der Waals surface area contributed by atoms with Crippen molar-refractivity contribution in [2.45, 2.75) is 39.8 Å². The Kier molecular flexibility index (Phi) is 6.57.